The second-order valence-corrected chi connectivity index (χ2v) is 7.58. The van der Waals surface area contributed by atoms with Gasteiger partial charge in [0.15, 0.2) is 0 Å². The Morgan fingerprint density at radius 2 is 1.77 bits per heavy atom. The summed E-state index contributed by atoms with van der Waals surface area (Å²) >= 11 is 0. The first-order chi connectivity index (χ1) is 16.7. The maximum atomic E-state index is 13.1. The number of aryl methyl sites for hydroxylation is 1. The highest BCUT2D eigenvalue weighted by molar-refractivity contribution is 6.01. The number of halogens is 3. The van der Waals surface area contributed by atoms with Crippen LogP contribution < -0.4 is 21.1 Å². The molecule has 2 amide bonds. The van der Waals surface area contributed by atoms with E-state index in [9.17, 15) is 18.0 Å². The van der Waals surface area contributed by atoms with Gasteiger partial charge in [-0.3, -0.25) is 4.57 Å². The largest absolute Gasteiger partial charge is 0.495 e. The second-order valence-electron chi connectivity index (χ2n) is 7.58. The SMILES string of the molecule is COc1ccc(C(F)(F)F)cc1NC(=O)Nc1cc(-n2ccnc2-c2ccnc(N)c2)ccc1C. The number of hydrogen-bond acceptors (Lipinski definition) is 5. The minimum absolute atomic E-state index is 0.0957. The van der Waals surface area contributed by atoms with Crippen molar-refractivity contribution < 1.29 is 22.7 Å². The Morgan fingerprint density at radius 1 is 1.00 bits per heavy atom. The number of amides is 2. The normalized spacial score (nSPS) is 11.2. The van der Waals surface area contributed by atoms with Crippen LogP contribution in [0.2, 0.25) is 0 Å². The van der Waals surface area contributed by atoms with E-state index in [-0.39, 0.29) is 11.4 Å². The molecule has 0 aliphatic rings. The molecule has 0 radical (unpaired) electrons. The number of carbonyl (C=O) groups is 1. The van der Waals surface area contributed by atoms with Crippen molar-refractivity contribution in [1.82, 2.24) is 14.5 Å². The summed E-state index contributed by atoms with van der Waals surface area (Å²) < 4.78 is 46.2. The molecular weight excluding hydrogens is 461 g/mol. The molecule has 8 nitrogen and oxygen atoms in total. The zero-order valence-corrected chi connectivity index (χ0v) is 18.7. The van der Waals surface area contributed by atoms with Crippen LogP contribution in [0, 0.1) is 6.92 Å². The summed E-state index contributed by atoms with van der Waals surface area (Å²) in [5, 5.41) is 5.12. The standard InChI is InChI=1S/C24H21F3N6O2/c1-14-3-5-17(33-10-9-30-22(33)15-7-8-29-21(28)11-15)13-18(14)31-23(34)32-19-12-16(24(25,26)27)4-6-20(19)35-2/h3-13H,1-2H3,(H2,28,29)(H2,31,32,34). The maximum absolute atomic E-state index is 13.1. The van der Waals surface area contributed by atoms with Crippen LogP contribution >= 0.6 is 0 Å². The van der Waals surface area contributed by atoms with Gasteiger partial charge in [0.1, 0.15) is 17.4 Å². The van der Waals surface area contributed by atoms with Crippen LogP contribution in [0.15, 0.2) is 67.1 Å². The van der Waals surface area contributed by atoms with Crippen molar-refractivity contribution in [3.05, 3.63) is 78.2 Å². The quantitative estimate of drug-likeness (QED) is 0.348. The fourth-order valence-corrected chi connectivity index (χ4v) is 3.47. The molecule has 0 saturated heterocycles. The number of pyridine rings is 1. The van der Waals surface area contributed by atoms with Gasteiger partial charge in [0.25, 0.3) is 0 Å². The number of ether oxygens (including phenoxy) is 1. The lowest BCUT2D eigenvalue weighted by Gasteiger charge is -2.16. The summed E-state index contributed by atoms with van der Waals surface area (Å²) in [5.74, 6) is 1.07. The van der Waals surface area contributed by atoms with Crippen LogP contribution in [0.3, 0.4) is 0 Å². The lowest BCUT2D eigenvalue weighted by atomic mass is 10.1. The zero-order chi connectivity index (χ0) is 25.2. The smallest absolute Gasteiger partial charge is 0.416 e. The highest BCUT2D eigenvalue weighted by Gasteiger charge is 2.31. The van der Waals surface area contributed by atoms with Crippen LogP contribution in [0.1, 0.15) is 11.1 Å². The van der Waals surface area contributed by atoms with Gasteiger partial charge in [0, 0.05) is 35.5 Å². The minimum atomic E-state index is -4.56. The number of benzene rings is 2. The number of aromatic nitrogens is 3. The van der Waals surface area contributed by atoms with E-state index in [4.69, 9.17) is 10.5 Å². The Morgan fingerprint density at radius 3 is 2.49 bits per heavy atom. The lowest BCUT2D eigenvalue weighted by Crippen LogP contribution is -2.21. The molecule has 4 N–H and O–H groups in total. The van der Waals surface area contributed by atoms with Crippen molar-refractivity contribution in [3.8, 4) is 22.8 Å². The van der Waals surface area contributed by atoms with Crippen LogP contribution in [0.5, 0.6) is 5.75 Å². The molecule has 0 fully saturated rings. The number of methoxy groups -OCH3 is 1. The van der Waals surface area contributed by atoms with Gasteiger partial charge in [-0.15, -0.1) is 0 Å². The van der Waals surface area contributed by atoms with Gasteiger partial charge >= 0.3 is 12.2 Å². The molecule has 2 aromatic heterocycles. The molecule has 0 saturated carbocycles. The summed E-state index contributed by atoms with van der Waals surface area (Å²) in [7, 11) is 1.30. The summed E-state index contributed by atoms with van der Waals surface area (Å²) in [6.45, 7) is 1.79. The summed E-state index contributed by atoms with van der Waals surface area (Å²) in [5.41, 5.74) is 7.44. The number of imidazole rings is 1. The van der Waals surface area contributed by atoms with Gasteiger partial charge in [-0.2, -0.15) is 13.2 Å². The predicted molar refractivity (Wildman–Crippen MR) is 127 cm³/mol. The predicted octanol–water partition coefficient (Wildman–Crippen LogP) is 5.50. The van der Waals surface area contributed by atoms with Crippen molar-refractivity contribution in [2.45, 2.75) is 13.1 Å². The number of nitrogens with zero attached hydrogens (tertiary/aromatic N) is 3. The molecule has 180 valence electrons. The van der Waals surface area contributed by atoms with E-state index in [1.54, 1.807) is 49.8 Å². The van der Waals surface area contributed by atoms with E-state index in [0.717, 1.165) is 29.3 Å². The van der Waals surface area contributed by atoms with Crippen molar-refractivity contribution >= 4 is 23.2 Å². The molecule has 0 bridgehead atoms. The molecule has 2 aromatic carbocycles. The average molecular weight is 482 g/mol. The van der Waals surface area contributed by atoms with Gasteiger partial charge in [-0.05, 0) is 55.0 Å². The maximum Gasteiger partial charge on any atom is 0.416 e. The number of alkyl halides is 3. The molecule has 0 unspecified atom stereocenters. The van der Waals surface area contributed by atoms with Crippen molar-refractivity contribution in [3.63, 3.8) is 0 Å². The Bertz CT molecular complexity index is 1380. The van der Waals surface area contributed by atoms with Gasteiger partial charge in [0.2, 0.25) is 0 Å². The van der Waals surface area contributed by atoms with Gasteiger partial charge in [0.05, 0.1) is 18.4 Å². The molecular formula is C24H21F3N6O2. The van der Waals surface area contributed by atoms with Crippen molar-refractivity contribution in [1.29, 1.82) is 0 Å². The molecule has 11 heteroatoms. The third-order valence-corrected chi connectivity index (χ3v) is 5.20. The number of rotatable bonds is 5. The minimum Gasteiger partial charge on any atom is -0.495 e. The summed E-state index contributed by atoms with van der Waals surface area (Å²) in [6, 6.07) is 11.0. The molecule has 4 aromatic rings. The van der Waals surface area contributed by atoms with Crippen molar-refractivity contribution in [2.75, 3.05) is 23.5 Å². The fraction of sp³-hybridized carbons (Fsp3) is 0.125. The molecule has 0 aliphatic heterocycles. The monoisotopic (exact) mass is 482 g/mol. The Labute approximate surface area is 198 Å². The van der Waals surface area contributed by atoms with Crippen LogP contribution in [-0.2, 0) is 6.18 Å². The number of hydrogen-bond donors (Lipinski definition) is 3. The number of nitrogen functional groups attached to an aromatic ring is 1. The Kier molecular flexibility index (Phi) is 6.32. The third kappa shape index (κ3) is 5.18. The molecule has 0 aliphatic carbocycles. The number of urea groups is 1. The third-order valence-electron chi connectivity index (χ3n) is 5.20. The summed E-state index contributed by atoms with van der Waals surface area (Å²) in [4.78, 5) is 21.1. The van der Waals surface area contributed by atoms with Crippen LogP contribution in [0.4, 0.5) is 35.2 Å². The summed E-state index contributed by atoms with van der Waals surface area (Å²) in [6.07, 6.45) is 0.407. The van der Waals surface area contributed by atoms with Crippen LogP contribution in [0.25, 0.3) is 17.1 Å². The first kappa shape index (κ1) is 23.6. The van der Waals surface area contributed by atoms with E-state index < -0.39 is 17.8 Å². The second kappa shape index (κ2) is 9.37. The first-order valence-corrected chi connectivity index (χ1v) is 10.3. The highest BCUT2D eigenvalue weighted by Crippen LogP contribution is 2.35. The lowest BCUT2D eigenvalue weighted by molar-refractivity contribution is -0.137. The van der Waals surface area contributed by atoms with Crippen LogP contribution in [-0.4, -0.2) is 27.7 Å². The Balaban J connectivity index is 1.60. The van der Waals surface area contributed by atoms with Crippen molar-refractivity contribution in [2.24, 2.45) is 0 Å². The highest BCUT2D eigenvalue weighted by atomic mass is 19.4. The number of nitrogens with two attached hydrogens (primary N) is 1. The Hall–Kier alpha value is -4.54. The van der Waals surface area contributed by atoms with Gasteiger partial charge < -0.3 is 21.1 Å². The number of nitrogens with one attached hydrogen (secondary N) is 2. The average Bonchev–Trinajstić information content (AvgIpc) is 3.30. The van der Waals surface area contributed by atoms with E-state index >= 15 is 0 Å². The molecule has 35 heavy (non-hydrogen) atoms. The van der Waals surface area contributed by atoms with E-state index in [2.05, 4.69) is 20.6 Å². The van der Waals surface area contributed by atoms with Gasteiger partial charge in [-0.25, -0.2) is 14.8 Å². The molecule has 0 spiro atoms. The molecule has 2 heterocycles. The zero-order valence-electron chi connectivity index (χ0n) is 18.7. The van der Waals surface area contributed by atoms with Gasteiger partial charge in [-0.1, -0.05) is 6.07 Å². The number of anilines is 3. The van der Waals surface area contributed by atoms with E-state index in [1.165, 1.54) is 7.11 Å². The molecule has 0 atom stereocenters. The fourth-order valence-electron chi connectivity index (χ4n) is 3.47. The van der Waals surface area contributed by atoms with E-state index in [0.29, 0.717) is 23.0 Å². The van der Waals surface area contributed by atoms with E-state index in [1.807, 2.05) is 10.6 Å². The number of carbonyl (C=O) groups excluding carboxylic acids is 1. The molecule has 4 rings (SSSR count). The first-order valence-electron chi connectivity index (χ1n) is 10.3. The topological polar surface area (TPSA) is 107 Å².